The van der Waals surface area contributed by atoms with E-state index < -0.39 is 6.05 Å². The molecule has 2 nitrogen and oxygen atoms in total. The zero-order valence-electron chi connectivity index (χ0n) is 5.34. The molecule has 10 heavy (non-hydrogen) atoms. The zero-order chi connectivity index (χ0) is 7.61. The third kappa shape index (κ3) is 1.16. The van der Waals surface area contributed by atoms with Crippen molar-refractivity contribution in [3.8, 4) is 0 Å². The van der Waals surface area contributed by atoms with E-state index >= 15 is 0 Å². The van der Waals surface area contributed by atoms with E-state index in [-0.39, 0.29) is 0 Å². The lowest BCUT2D eigenvalue weighted by Crippen LogP contribution is -2.36. The Hall–Kier alpha value is -0.900. The summed E-state index contributed by atoms with van der Waals surface area (Å²) < 4.78 is 25.0. The van der Waals surface area contributed by atoms with Crippen molar-refractivity contribution in [3.63, 3.8) is 0 Å². The Morgan fingerprint density at radius 1 is 1.60 bits per heavy atom. The summed E-state index contributed by atoms with van der Waals surface area (Å²) in [5, 5.41) is 0.424. The van der Waals surface area contributed by atoms with Gasteiger partial charge in [0.25, 0.3) is 0 Å². The number of allylic oxidation sites excluding steroid dienone is 2. The Morgan fingerprint density at radius 3 is 2.70 bits per heavy atom. The van der Waals surface area contributed by atoms with Gasteiger partial charge < -0.3 is 0 Å². The molecular weight excluding hydrogens is 140 g/mol. The number of alkyl halides is 2. The summed E-state index contributed by atoms with van der Waals surface area (Å²) in [6.07, 6.45) is 5.52. The van der Waals surface area contributed by atoms with Crippen LogP contribution < -0.4 is 0 Å². The zero-order valence-corrected chi connectivity index (χ0v) is 5.34. The largest absolute Gasteiger partial charge is 0.374 e. The molecular formula is C6H6F2NO. The molecule has 0 fully saturated rings. The minimum Gasteiger partial charge on any atom is -0.272 e. The highest BCUT2D eigenvalue weighted by molar-refractivity contribution is 5.07. The van der Waals surface area contributed by atoms with E-state index in [1.165, 1.54) is 13.2 Å². The fraction of sp³-hybridized carbons (Fsp3) is 0.333. The minimum atomic E-state index is -3.14. The number of rotatable bonds is 1. The van der Waals surface area contributed by atoms with Crippen molar-refractivity contribution in [2.75, 3.05) is 7.11 Å². The fourth-order valence-electron chi connectivity index (χ4n) is 0.602. The average Bonchev–Trinajstić information content (AvgIpc) is 1.87. The number of hydroxylamine groups is 2. The molecule has 0 N–H and O–H groups in total. The predicted molar refractivity (Wildman–Crippen MR) is 30.7 cm³/mol. The molecule has 0 aromatic carbocycles. The van der Waals surface area contributed by atoms with E-state index in [9.17, 15) is 8.78 Å². The first-order valence-electron chi connectivity index (χ1n) is 2.66. The van der Waals surface area contributed by atoms with Gasteiger partial charge in [0.1, 0.15) is 0 Å². The molecule has 0 aromatic rings. The number of hydrogen-bond acceptors (Lipinski definition) is 2. The van der Waals surface area contributed by atoms with E-state index in [0.29, 0.717) is 5.06 Å². The highest BCUT2D eigenvalue weighted by Gasteiger charge is 2.34. The third-order valence-corrected chi connectivity index (χ3v) is 1.05. The van der Waals surface area contributed by atoms with Gasteiger partial charge in [-0.25, -0.2) is 0 Å². The van der Waals surface area contributed by atoms with Crippen LogP contribution in [0.15, 0.2) is 18.4 Å². The molecule has 0 spiro atoms. The molecule has 1 heterocycles. The summed E-state index contributed by atoms with van der Waals surface area (Å²) in [6.45, 7) is 0. The lowest BCUT2D eigenvalue weighted by Gasteiger charge is -2.25. The molecule has 1 aliphatic heterocycles. The Labute approximate surface area is 57.3 Å². The van der Waals surface area contributed by atoms with E-state index in [1.807, 2.05) is 6.08 Å². The van der Waals surface area contributed by atoms with Crippen molar-refractivity contribution in [2.24, 2.45) is 0 Å². The molecule has 1 radical (unpaired) electrons. The molecule has 55 valence electrons. The first-order valence-corrected chi connectivity index (χ1v) is 2.66. The van der Waals surface area contributed by atoms with E-state index in [4.69, 9.17) is 0 Å². The monoisotopic (exact) mass is 146 g/mol. The SMILES string of the molecule is CON1C=CC=[C]C1(F)F. The summed E-state index contributed by atoms with van der Waals surface area (Å²) in [5.41, 5.74) is 0. The van der Waals surface area contributed by atoms with Gasteiger partial charge in [-0.15, -0.1) is 0 Å². The van der Waals surface area contributed by atoms with Gasteiger partial charge in [-0.05, 0) is 12.2 Å². The van der Waals surface area contributed by atoms with Gasteiger partial charge >= 0.3 is 6.05 Å². The van der Waals surface area contributed by atoms with Crippen molar-refractivity contribution in [3.05, 3.63) is 24.4 Å². The standard InChI is InChI=1S/C6H6F2NO/c1-10-9-5-3-2-4-6(9,7)8/h2-3,5H,1H3. The molecule has 1 rings (SSSR count). The van der Waals surface area contributed by atoms with Crippen LogP contribution in [0, 0.1) is 6.08 Å². The lowest BCUT2D eigenvalue weighted by atomic mass is 10.3. The summed E-state index contributed by atoms with van der Waals surface area (Å²) in [6, 6.07) is -3.14. The van der Waals surface area contributed by atoms with Crippen LogP contribution in [0.5, 0.6) is 0 Å². The molecule has 0 bridgehead atoms. The van der Waals surface area contributed by atoms with Gasteiger partial charge in [0.05, 0.1) is 13.2 Å². The molecule has 0 aliphatic carbocycles. The molecule has 0 saturated carbocycles. The third-order valence-electron chi connectivity index (χ3n) is 1.05. The van der Waals surface area contributed by atoms with E-state index in [1.54, 1.807) is 0 Å². The first-order chi connectivity index (χ1) is 4.67. The normalized spacial score (nSPS) is 21.7. The predicted octanol–water partition coefficient (Wildman–Crippen LogP) is 1.33. The van der Waals surface area contributed by atoms with E-state index in [0.717, 1.165) is 12.3 Å². The van der Waals surface area contributed by atoms with Gasteiger partial charge in [-0.2, -0.15) is 13.8 Å². The van der Waals surface area contributed by atoms with Gasteiger partial charge in [0.15, 0.2) is 0 Å². The molecule has 1 aliphatic rings. The Kier molecular flexibility index (Phi) is 1.72. The highest BCUT2D eigenvalue weighted by Crippen LogP contribution is 2.23. The van der Waals surface area contributed by atoms with Crippen LogP contribution in [0.2, 0.25) is 0 Å². The second kappa shape index (κ2) is 2.38. The summed E-state index contributed by atoms with van der Waals surface area (Å²) in [7, 11) is 1.17. The topological polar surface area (TPSA) is 12.5 Å². The molecule has 0 amide bonds. The maximum atomic E-state index is 12.5. The maximum absolute atomic E-state index is 12.5. The smallest absolute Gasteiger partial charge is 0.272 e. The van der Waals surface area contributed by atoms with Crippen molar-refractivity contribution < 1.29 is 13.6 Å². The molecule has 4 heteroatoms. The molecule has 0 saturated heterocycles. The lowest BCUT2D eigenvalue weighted by molar-refractivity contribution is -0.254. The first kappa shape index (κ1) is 7.21. The highest BCUT2D eigenvalue weighted by atomic mass is 19.3. The van der Waals surface area contributed by atoms with Gasteiger partial charge in [0, 0.05) is 6.20 Å². The fourth-order valence-corrected chi connectivity index (χ4v) is 0.602. The minimum absolute atomic E-state index is 0.424. The van der Waals surface area contributed by atoms with E-state index in [2.05, 4.69) is 4.84 Å². The molecule has 0 unspecified atom stereocenters. The van der Waals surface area contributed by atoms with Crippen molar-refractivity contribution in [2.45, 2.75) is 6.05 Å². The van der Waals surface area contributed by atoms with Crippen molar-refractivity contribution in [1.82, 2.24) is 5.06 Å². The van der Waals surface area contributed by atoms with Crippen LogP contribution in [0.4, 0.5) is 8.78 Å². The Bertz CT molecular complexity index is 177. The number of halogens is 2. The average molecular weight is 146 g/mol. The van der Waals surface area contributed by atoms with Crippen molar-refractivity contribution in [1.29, 1.82) is 0 Å². The summed E-state index contributed by atoms with van der Waals surface area (Å²) in [5.74, 6) is 0. The second-order valence-electron chi connectivity index (χ2n) is 1.70. The number of nitrogens with zero attached hydrogens (tertiary/aromatic N) is 1. The number of hydrogen-bond donors (Lipinski definition) is 0. The molecule has 0 atom stereocenters. The second-order valence-corrected chi connectivity index (χ2v) is 1.70. The van der Waals surface area contributed by atoms with Gasteiger partial charge in [-0.1, -0.05) is 0 Å². The summed E-state index contributed by atoms with van der Waals surface area (Å²) in [4.78, 5) is 4.32. The van der Waals surface area contributed by atoms with Crippen LogP contribution in [-0.4, -0.2) is 18.2 Å². The van der Waals surface area contributed by atoms with Crippen LogP contribution in [0.1, 0.15) is 0 Å². The van der Waals surface area contributed by atoms with Crippen LogP contribution >= 0.6 is 0 Å². The van der Waals surface area contributed by atoms with Crippen LogP contribution in [-0.2, 0) is 4.84 Å². The van der Waals surface area contributed by atoms with Gasteiger partial charge in [-0.3, -0.25) is 4.84 Å². The molecule has 0 aromatic heterocycles. The quantitative estimate of drug-likeness (QED) is 0.517. The van der Waals surface area contributed by atoms with Crippen LogP contribution in [0.25, 0.3) is 0 Å². The Morgan fingerprint density at radius 2 is 2.30 bits per heavy atom. The van der Waals surface area contributed by atoms with Gasteiger partial charge in [0.2, 0.25) is 0 Å². The Balaban J connectivity index is 2.74. The maximum Gasteiger partial charge on any atom is 0.374 e. The van der Waals surface area contributed by atoms with Crippen molar-refractivity contribution >= 4 is 0 Å². The van der Waals surface area contributed by atoms with Crippen LogP contribution in [0.3, 0.4) is 0 Å². The summed E-state index contributed by atoms with van der Waals surface area (Å²) >= 11 is 0.